The van der Waals surface area contributed by atoms with Crippen molar-refractivity contribution < 1.29 is 14.3 Å². The van der Waals surface area contributed by atoms with Crippen LogP contribution < -0.4 is 15.0 Å². The molecule has 0 amide bonds. The van der Waals surface area contributed by atoms with Crippen molar-refractivity contribution in [3.05, 3.63) is 58.5 Å². The minimum absolute atomic E-state index is 0.000806. The molecule has 0 radical (unpaired) electrons. The van der Waals surface area contributed by atoms with E-state index in [1.54, 1.807) is 16.8 Å². The number of hydrogen-bond donors (Lipinski definition) is 0. The Kier molecular flexibility index (Phi) is 4.34. The molecule has 1 aliphatic carbocycles. The van der Waals surface area contributed by atoms with E-state index in [9.17, 15) is 9.59 Å². The van der Waals surface area contributed by atoms with Crippen molar-refractivity contribution in [1.82, 2.24) is 9.55 Å². The Balaban J connectivity index is 1.38. The Bertz CT molecular complexity index is 957. The van der Waals surface area contributed by atoms with E-state index >= 15 is 0 Å². The molecule has 0 saturated heterocycles. The van der Waals surface area contributed by atoms with Gasteiger partial charge >= 0.3 is 0 Å². The monoisotopic (exact) mass is 366 g/mol. The van der Waals surface area contributed by atoms with Gasteiger partial charge in [-0.25, -0.2) is 0 Å². The van der Waals surface area contributed by atoms with Crippen LogP contribution in [0.2, 0.25) is 0 Å². The number of ketones is 1. The summed E-state index contributed by atoms with van der Waals surface area (Å²) in [6.07, 6.45) is 4.75. The minimum Gasteiger partial charge on any atom is -0.490 e. The van der Waals surface area contributed by atoms with E-state index in [0.717, 1.165) is 23.3 Å². The van der Waals surface area contributed by atoms with E-state index in [4.69, 9.17) is 9.47 Å². The highest BCUT2D eigenvalue weighted by molar-refractivity contribution is 5.99. The fraction of sp³-hybridized carbons (Fsp3) is 0.381. The second kappa shape index (κ2) is 6.68. The van der Waals surface area contributed by atoms with Crippen LogP contribution in [0.15, 0.2) is 47.4 Å². The third-order valence-corrected chi connectivity index (χ3v) is 4.84. The van der Waals surface area contributed by atoms with Gasteiger partial charge in [-0.1, -0.05) is 26.0 Å². The standard InChI is InChI=1S/C21H22N2O4/c1-21(2)10-15(9-16(24)11-21)14-3-5-17(6-4-14)26-13-18-12-23-8-7-19(25)22-20(23)27-18/h3-9,18H,10-13H2,1-2H3/t18-/m0/s1. The van der Waals surface area contributed by atoms with Crippen molar-refractivity contribution in [3.63, 3.8) is 0 Å². The third-order valence-electron chi connectivity index (χ3n) is 4.84. The molecule has 6 heteroatoms. The van der Waals surface area contributed by atoms with Crippen molar-refractivity contribution in [2.75, 3.05) is 6.61 Å². The second-order valence-electron chi connectivity index (χ2n) is 7.93. The largest absolute Gasteiger partial charge is 0.490 e. The van der Waals surface area contributed by atoms with Crippen LogP contribution >= 0.6 is 0 Å². The number of benzene rings is 1. The van der Waals surface area contributed by atoms with E-state index in [2.05, 4.69) is 18.8 Å². The Labute approximate surface area is 157 Å². The average Bonchev–Trinajstić information content (AvgIpc) is 3.00. The van der Waals surface area contributed by atoms with Crippen LogP contribution in [-0.2, 0) is 11.3 Å². The molecule has 1 aromatic heterocycles. The highest BCUT2D eigenvalue weighted by Crippen LogP contribution is 2.38. The van der Waals surface area contributed by atoms with Gasteiger partial charge in [0.25, 0.3) is 11.6 Å². The van der Waals surface area contributed by atoms with Crippen LogP contribution in [0.25, 0.3) is 5.57 Å². The number of aromatic nitrogens is 2. The molecular formula is C21H22N2O4. The number of carbonyl (C=O) groups is 1. The van der Waals surface area contributed by atoms with Gasteiger partial charge in [0.15, 0.2) is 11.9 Å². The molecule has 2 aliphatic rings. The summed E-state index contributed by atoms with van der Waals surface area (Å²) in [5.74, 6) is 0.926. The van der Waals surface area contributed by atoms with E-state index in [-0.39, 0.29) is 22.9 Å². The van der Waals surface area contributed by atoms with Gasteiger partial charge in [-0.2, -0.15) is 4.98 Å². The lowest BCUT2D eigenvalue weighted by molar-refractivity contribution is -0.116. The molecule has 0 N–H and O–H groups in total. The highest BCUT2D eigenvalue weighted by Gasteiger charge is 2.28. The van der Waals surface area contributed by atoms with Crippen molar-refractivity contribution in [1.29, 1.82) is 0 Å². The molecule has 0 fully saturated rings. The zero-order valence-corrected chi connectivity index (χ0v) is 15.5. The van der Waals surface area contributed by atoms with Crippen LogP contribution in [0, 0.1) is 5.41 Å². The van der Waals surface area contributed by atoms with Crippen molar-refractivity contribution >= 4 is 11.4 Å². The van der Waals surface area contributed by atoms with Crippen LogP contribution in [0.5, 0.6) is 11.8 Å². The number of ether oxygens (including phenoxy) is 2. The molecule has 1 aromatic carbocycles. The molecule has 0 spiro atoms. The first-order valence-corrected chi connectivity index (χ1v) is 9.09. The summed E-state index contributed by atoms with van der Waals surface area (Å²) >= 11 is 0. The van der Waals surface area contributed by atoms with Gasteiger partial charge in [-0.05, 0) is 41.2 Å². The van der Waals surface area contributed by atoms with E-state index in [1.807, 2.05) is 24.3 Å². The summed E-state index contributed by atoms with van der Waals surface area (Å²) in [7, 11) is 0. The number of fused-ring (bicyclic) bond motifs is 1. The molecule has 27 heavy (non-hydrogen) atoms. The lowest BCUT2D eigenvalue weighted by atomic mass is 9.75. The second-order valence-corrected chi connectivity index (χ2v) is 7.93. The number of rotatable bonds is 4. The predicted octanol–water partition coefficient (Wildman–Crippen LogP) is 2.86. The molecular weight excluding hydrogens is 344 g/mol. The molecule has 0 unspecified atom stereocenters. The van der Waals surface area contributed by atoms with Crippen LogP contribution in [-0.4, -0.2) is 28.0 Å². The Hall–Kier alpha value is -2.89. The predicted molar refractivity (Wildman–Crippen MR) is 101 cm³/mol. The summed E-state index contributed by atoms with van der Waals surface area (Å²) in [4.78, 5) is 27.1. The fourth-order valence-electron chi connectivity index (χ4n) is 3.62. The van der Waals surface area contributed by atoms with Crippen LogP contribution in [0.1, 0.15) is 32.3 Å². The lowest BCUT2D eigenvalue weighted by Gasteiger charge is -2.29. The summed E-state index contributed by atoms with van der Waals surface area (Å²) in [6, 6.07) is 9.54. The van der Waals surface area contributed by atoms with Crippen LogP contribution in [0.3, 0.4) is 0 Å². The van der Waals surface area contributed by atoms with Crippen molar-refractivity contribution in [3.8, 4) is 11.8 Å². The molecule has 140 valence electrons. The first-order chi connectivity index (χ1) is 12.9. The number of carbonyl (C=O) groups excluding carboxylic acids is 1. The highest BCUT2D eigenvalue weighted by atomic mass is 16.6. The number of nitrogens with zero attached hydrogens (tertiary/aromatic N) is 2. The Morgan fingerprint density at radius 2 is 1.96 bits per heavy atom. The smallest absolute Gasteiger partial charge is 0.300 e. The van der Waals surface area contributed by atoms with Gasteiger partial charge < -0.3 is 9.47 Å². The van der Waals surface area contributed by atoms with E-state index in [1.165, 1.54) is 6.07 Å². The molecule has 4 rings (SSSR count). The van der Waals surface area contributed by atoms with E-state index < -0.39 is 0 Å². The molecule has 2 aromatic rings. The molecule has 0 bridgehead atoms. The van der Waals surface area contributed by atoms with Gasteiger partial charge in [-0.15, -0.1) is 0 Å². The summed E-state index contributed by atoms with van der Waals surface area (Å²) in [5, 5.41) is 0. The van der Waals surface area contributed by atoms with Gasteiger partial charge in [0, 0.05) is 18.7 Å². The lowest BCUT2D eigenvalue weighted by Crippen LogP contribution is -2.23. The quantitative estimate of drug-likeness (QED) is 0.832. The summed E-state index contributed by atoms with van der Waals surface area (Å²) in [6.45, 7) is 5.21. The SMILES string of the molecule is CC1(C)CC(=O)C=C(c2ccc(OC[C@@H]3Cn4ccc(=O)nc4O3)cc2)C1. The molecule has 6 nitrogen and oxygen atoms in total. The molecule has 1 aliphatic heterocycles. The molecule has 2 heterocycles. The van der Waals surface area contributed by atoms with Gasteiger partial charge in [0.1, 0.15) is 12.4 Å². The minimum atomic E-state index is -0.308. The van der Waals surface area contributed by atoms with Gasteiger partial charge in [-0.3, -0.25) is 14.2 Å². The first kappa shape index (κ1) is 17.5. The maximum absolute atomic E-state index is 12.0. The first-order valence-electron chi connectivity index (χ1n) is 9.09. The normalized spacial score (nSPS) is 20.6. The van der Waals surface area contributed by atoms with Crippen LogP contribution in [0.4, 0.5) is 0 Å². The summed E-state index contributed by atoms with van der Waals surface area (Å²) in [5.41, 5.74) is 1.82. The van der Waals surface area contributed by atoms with E-state index in [0.29, 0.717) is 25.6 Å². The maximum Gasteiger partial charge on any atom is 0.300 e. The maximum atomic E-state index is 12.0. The average molecular weight is 366 g/mol. The third kappa shape index (κ3) is 3.94. The Morgan fingerprint density at radius 1 is 1.19 bits per heavy atom. The van der Waals surface area contributed by atoms with Crippen molar-refractivity contribution in [2.24, 2.45) is 5.41 Å². The topological polar surface area (TPSA) is 70.4 Å². The number of allylic oxidation sites excluding steroid dienone is 2. The number of hydrogen-bond acceptors (Lipinski definition) is 5. The summed E-state index contributed by atoms with van der Waals surface area (Å²) < 4.78 is 13.3. The Morgan fingerprint density at radius 3 is 2.70 bits per heavy atom. The fourth-order valence-corrected chi connectivity index (χ4v) is 3.62. The zero-order valence-electron chi connectivity index (χ0n) is 15.5. The molecule has 1 atom stereocenters. The molecule has 0 saturated carbocycles. The van der Waals surface area contributed by atoms with Gasteiger partial charge in [0.05, 0.1) is 6.54 Å². The zero-order chi connectivity index (χ0) is 19.0. The van der Waals surface area contributed by atoms with Crippen molar-refractivity contribution in [2.45, 2.75) is 39.3 Å². The van der Waals surface area contributed by atoms with Gasteiger partial charge in [0.2, 0.25) is 0 Å².